The lowest BCUT2D eigenvalue weighted by Crippen LogP contribution is -2.16. The van der Waals surface area contributed by atoms with Gasteiger partial charge in [-0.2, -0.15) is 0 Å². The molecule has 1 heterocycles. The minimum atomic E-state index is -4.84. The van der Waals surface area contributed by atoms with E-state index in [0.29, 0.717) is 23.6 Å². The third-order valence-corrected chi connectivity index (χ3v) is 6.21. The van der Waals surface area contributed by atoms with Crippen molar-refractivity contribution < 1.29 is 47.2 Å². The van der Waals surface area contributed by atoms with Crippen molar-refractivity contribution >= 4 is 22.8 Å². The second-order valence-electron chi connectivity index (χ2n) is 9.10. The molecule has 42 heavy (non-hydrogen) atoms. The minimum absolute atomic E-state index is 0.0498. The third-order valence-electron chi connectivity index (χ3n) is 6.21. The Kier molecular flexibility index (Phi) is 7.74. The zero-order valence-electron chi connectivity index (χ0n) is 21.7. The number of aromatic nitrogens is 1. The first-order valence-electron chi connectivity index (χ1n) is 12.5. The molecule has 11 heteroatoms. The molecule has 0 aliphatic carbocycles. The van der Waals surface area contributed by atoms with Crippen molar-refractivity contribution in [2.75, 3.05) is 0 Å². The van der Waals surface area contributed by atoms with E-state index in [-0.39, 0.29) is 28.1 Å². The average Bonchev–Trinajstić information content (AvgIpc) is 3.25. The molecule has 2 N–H and O–H groups in total. The molecule has 8 nitrogen and oxygen atoms in total. The van der Waals surface area contributed by atoms with Gasteiger partial charge >= 0.3 is 18.3 Å². The van der Waals surface area contributed by atoms with Gasteiger partial charge in [0, 0.05) is 16.8 Å². The highest BCUT2D eigenvalue weighted by molar-refractivity contribution is 6.07. The lowest BCUT2D eigenvalue weighted by atomic mass is 10.1. The van der Waals surface area contributed by atoms with Crippen molar-refractivity contribution in [3.8, 4) is 28.7 Å². The number of aromatic carboxylic acids is 1. The van der Waals surface area contributed by atoms with Crippen molar-refractivity contribution in [2.45, 2.75) is 19.4 Å². The number of carboxylic acid groups (broad SMARTS) is 2. The largest absolute Gasteiger partial charge is 0.573 e. The first-order valence-corrected chi connectivity index (χ1v) is 12.5. The number of carboxylic acids is 2. The Balaban J connectivity index is 1.49. The number of rotatable bonds is 10. The Morgan fingerprint density at radius 2 is 1.38 bits per heavy atom. The maximum absolute atomic E-state index is 12.4. The van der Waals surface area contributed by atoms with Gasteiger partial charge in [-0.05, 0) is 72.3 Å². The Morgan fingerprint density at radius 1 is 0.762 bits per heavy atom. The molecule has 1 aromatic heterocycles. The zero-order valence-corrected chi connectivity index (χ0v) is 21.7. The molecule has 0 aliphatic heterocycles. The number of aliphatic carboxylic acids is 1. The average molecular weight is 578 g/mol. The number of hydrogen-bond donors (Lipinski definition) is 2. The number of alkyl halides is 3. The van der Waals surface area contributed by atoms with Crippen molar-refractivity contribution in [1.29, 1.82) is 0 Å². The second kappa shape index (κ2) is 11.6. The van der Waals surface area contributed by atoms with E-state index >= 15 is 0 Å². The van der Waals surface area contributed by atoms with Crippen LogP contribution in [0.3, 0.4) is 0 Å². The van der Waals surface area contributed by atoms with E-state index in [1.165, 1.54) is 18.2 Å². The summed E-state index contributed by atoms with van der Waals surface area (Å²) in [5.41, 5.74) is 1.76. The first-order chi connectivity index (χ1) is 20.1. The van der Waals surface area contributed by atoms with Crippen LogP contribution in [0, 0.1) is 0 Å². The lowest BCUT2D eigenvalue weighted by molar-refractivity contribution is -0.274. The monoisotopic (exact) mass is 577 g/mol. The maximum Gasteiger partial charge on any atom is 0.573 e. The number of halogens is 3. The summed E-state index contributed by atoms with van der Waals surface area (Å²) in [6, 6.07) is 25.7. The zero-order chi connectivity index (χ0) is 29.9. The van der Waals surface area contributed by atoms with Crippen LogP contribution in [0.25, 0.3) is 16.6 Å². The predicted octanol–water partition coefficient (Wildman–Crippen LogP) is 7.23. The summed E-state index contributed by atoms with van der Waals surface area (Å²) >= 11 is 0. The molecule has 0 aliphatic rings. The highest BCUT2D eigenvalue weighted by Crippen LogP contribution is 2.35. The van der Waals surface area contributed by atoms with E-state index in [1.807, 2.05) is 30.3 Å². The molecular weight excluding hydrogens is 555 g/mol. The second-order valence-corrected chi connectivity index (χ2v) is 9.10. The van der Waals surface area contributed by atoms with Gasteiger partial charge in [0.25, 0.3) is 0 Å². The van der Waals surface area contributed by atoms with Gasteiger partial charge in [-0.25, -0.2) is 4.79 Å². The highest BCUT2D eigenvalue weighted by Gasteiger charge is 2.31. The normalized spacial score (nSPS) is 11.3. The number of hydrogen-bond acceptors (Lipinski definition) is 5. The van der Waals surface area contributed by atoms with Crippen LogP contribution < -0.4 is 14.2 Å². The number of carbonyl (C=O) groups is 2. The summed E-state index contributed by atoms with van der Waals surface area (Å²) in [6.45, 7) is 0.348. The highest BCUT2D eigenvalue weighted by atomic mass is 19.4. The Labute approximate surface area is 236 Å². The minimum Gasteiger partial charge on any atom is -0.489 e. The van der Waals surface area contributed by atoms with Gasteiger partial charge in [0.15, 0.2) is 0 Å². The summed E-state index contributed by atoms with van der Waals surface area (Å²) in [6.07, 6.45) is -5.41. The number of benzene rings is 4. The van der Waals surface area contributed by atoms with E-state index in [9.17, 15) is 33.0 Å². The molecule has 0 fully saturated rings. The van der Waals surface area contributed by atoms with Gasteiger partial charge in [0.1, 0.15) is 29.6 Å². The standard InChI is InChI=1S/C31H22F3NO7/c32-31(33,34)42-23-12-10-22(11-13-23)41-24-14-15-26-25(16-24)29(30(38)39)27(17-28(36)37)35(26)20-6-8-21(9-7-20)40-18-19-4-2-1-3-5-19/h1-16H,17-18H2,(H,36,37)(H,38,39). The maximum atomic E-state index is 12.4. The Bertz CT molecular complexity index is 1730. The molecule has 214 valence electrons. The van der Waals surface area contributed by atoms with Crippen LogP contribution in [0.5, 0.6) is 23.0 Å². The molecule has 0 saturated carbocycles. The van der Waals surface area contributed by atoms with Gasteiger partial charge in [0.05, 0.1) is 17.5 Å². The van der Waals surface area contributed by atoms with Crippen LogP contribution in [0.4, 0.5) is 13.2 Å². The summed E-state index contributed by atoms with van der Waals surface area (Å²) in [4.78, 5) is 24.2. The van der Waals surface area contributed by atoms with Gasteiger partial charge in [-0.3, -0.25) is 4.79 Å². The molecule has 0 amide bonds. The fourth-order valence-electron chi connectivity index (χ4n) is 4.51. The van der Waals surface area contributed by atoms with Crippen LogP contribution >= 0.6 is 0 Å². The Morgan fingerprint density at radius 3 is 2.00 bits per heavy atom. The van der Waals surface area contributed by atoms with Crippen LogP contribution in [0.2, 0.25) is 0 Å². The van der Waals surface area contributed by atoms with Gasteiger partial charge in [-0.1, -0.05) is 30.3 Å². The van der Waals surface area contributed by atoms with E-state index in [4.69, 9.17) is 9.47 Å². The van der Waals surface area contributed by atoms with Crippen molar-refractivity contribution in [1.82, 2.24) is 4.57 Å². The lowest BCUT2D eigenvalue weighted by Gasteiger charge is -2.12. The van der Waals surface area contributed by atoms with Crippen LogP contribution in [-0.4, -0.2) is 33.1 Å². The fraction of sp³-hybridized carbons (Fsp3) is 0.0968. The smallest absolute Gasteiger partial charge is 0.489 e. The van der Waals surface area contributed by atoms with E-state index in [0.717, 1.165) is 17.7 Å². The molecule has 0 bridgehead atoms. The number of ether oxygens (including phenoxy) is 3. The molecule has 0 unspecified atom stereocenters. The SMILES string of the molecule is O=C(O)Cc1c(C(=O)O)c2cc(Oc3ccc(OC(F)(F)F)cc3)ccc2n1-c1ccc(OCc2ccccc2)cc1. The van der Waals surface area contributed by atoms with E-state index in [1.54, 1.807) is 41.0 Å². The van der Waals surface area contributed by atoms with Crippen LogP contribution in [0.1, 0.15) is 21.6 Å². The van der Waals surface area contributed by atoms with Crippen molar-refractivity contribution in [3.05, 3.63) is 114 Å². The first kappa shape index (κ1) is 28.1. The van der Waals surface area contributed by atoms with Gasteiger partial charge in [-0.15, -0.1) is 13.2 Å². The molecule has 4 aromatic carbocycles. The quantitative estimate of drug-likeness (QED) is 0.180. The topological polar surface area (TPSA) is 107 Å². The fourth-order valence-corrected chi connectivity index (χ4v) is 4.51. The van der Waals surface area contributed by atoms with Gasteiger partial charge in [0.2, 0.25) is 0 Å². The van der Waals surface area contributed by atoms with Crippen molar-refractivity contribution in [3.63, 3.8) is 0 Å². The molecule has 5 rings (SSSR count). The van der Waals surface area contributed by atoms with Crippen LogP contribution in [-0.2, 0) is 17.8 Å². The Hall–Kier alpha value is -5.45. The summed E-state index contributed by atoms with van der Waals surface area (Å²) in [7, 11) is 0. The molecule has 0 atom stereocenters. The van der Waals surface area contributed by atoms with E-state index in [2.05, 4.69) is 4.74 Å². The molecular formula is C31H22F3NO7. The van der Waals surface area contributed by atoms with Crippen LogP contribution in [0.15, 0.2) is 97.1 Å². The van der Waals surface area contributed by atoms with E-state index < -0.39 is 30.5 Å². The molecule has 0 radical (unpaired) electrons. The summed E-state index contributed by atoms with van der Waals surface area (Å²) in [5, 5.41) is 19.9. The molecule has 0 saturated heterocycles. The summed E-state index contributed by atoms with van der Waals surface area (Å²) < 4.78 is 54.3. The summed E-state index contributed by atoms with van der Waals surface area (Å²) in [5.74, 6) is -2.04. The predicted molar refractivity (Wildman–Crippen MR) is 146 cm³/mol. The third kappa shape index (κ3) is 6.47. The molecule has 0 spiro atoms. The molecule has 5 aromatic rings. The number of fused-ring (bicyclic) bond motifs is 1. The number of nitrogens with zero attached hydrogens (tertiary/aromatic N) is 1. The van der Waals surface area contributed by atoms with Crippen molar-refractivity contribution in [2.24, 2.45) is 0 Å². The van der Waals surface area contributed by atoms with Gasteiger partial charge < -0.3 is 29.0 Å².